The second-order valence-electron chi connectivity index (χ2n) is 5.41. The SMILES string of the molecule is CCCCCCC(C)(CCCC)c1ncc[nH]1. The molecule has 0 aliphatic rings. The lowest BCUT2D eigenvalue weighted by Crippen LogP contribution is -2.23. The topological polar surface area (TPSA) is 28.7 Å². The van der Waals surface area contributed by atoms with Gasteiger partial charge in [0.2, 0.25) is 0 Å². The van der Waals surface area contributed by atoms with Crippen molar-refractivity contribution >= 4 is 0 Å². The largest absolute Gasteiger partial charge is 0.348 e. The molecular weight excluding hydrogens is 208 g/mol. The average molecular weight is 236 g/mol. The van der Waals surface area contributed by atoms with Gasteiger partial charge in [-0.25, -0.2) is 4.98 Å². The first kappa shape index (κ1) is 14.3. The Morgan fingerprint density at radius 2 is 1.76 bits per heavy atom. The van der Waals surface area contributed by atoms with Gasteiger partial charge >= 0.3 is 0 Å². The Balaban J connectivity index is 2.53. The molecule has 1 N–H and O–H groups in total. The first-order chi connectivity index (χ1) is 8.23. The van der Waals surface area contributed by atoms with Crippen molar-refractivity contribution in [2.75, 3.05) is 0 Å². The molecule has 98 valence electrons. The molecule has 1 rings (SSSR count). The number of hydrogen-bond donors (Lipinski definition) is 1. The van der Waals surface area contributed by atoms with Gasteiger partial charge in [0.1, 0.15) is 5.82 Å². The zero-order chi connectivity index (χ0) is 12.6. The molecular formula is C15H28N2. The van der Waals surface area contributed by atoms with Gasteiger partial charge in [-0.1, -0.05) is 59.3 Å². The van der Waals surface area contributed by atoms with E-state index in [9.17, 15) is 0 Å². The second kappa shape index (κ2) is 7.52. The quantitative estimate of drug-likeness (QED) is 0.611. The summed E-state index contributed by atoms with van der Waals surface area (Å²) in [5, 5.41) is 0. The number of nitrogens with zero attached hydrogens (tertiary/aromatic N) is 1. The molecule has 2 nitrogen and oxygen atoms in total. The number of aromatic amines is 1. The molecule has 0 spiro atoms. The van der Waals surface area contributed by atoms with Crippen LogP contribution in [0.1, 0.15) is 78.0 Å². The molecule has 2 heteroatoms. The number of rotatable bonds is 9. The molecule has 1 heterocycles. The van der Waals surface area contributed by atoms with Gasteiger partial charge in [0.15, 0.2) is 0 Å². The van der Waals surface area contributed by atoms with Crippen LogP contribution in [-0.2, 0) is 5.41 Å². The minimum absolute atomic E-state index is 0.257. The van der Waals surface area contributed by atoms with Crippen LogP contribution in [-0.4, -0.2) is 9.97 Å². The van der Waals surface area contributed by atoms with E-state index in [2.05, 4.69) is 30.7 Å². The van der Waals surface area contributed by atoms with Crippen LogP contribution in [0.3, 0.4) is 0 Å². The number of unbranched alkanes of at least 4 members (excludes halogenated alkanes) is 4. The summed E-state index contributed by atoms with van der Waals surface area (Å²) in [6, 6.07) is 0. The highest BCUT2D eigenvalue weighted by molar-refractivity contribution is 5.05. The van der Waals surface area contributed by atoms with E-state index in [1.165, 1.54) is 57.2 Å². The molecule has 0 fully saturated rings. The zero-order valence-electron chi connectivity index (χ0n) is 11.8. The molecule has 17 heavy (non-hydrogen) atoms. The molecule has 0 aromatic carbocycles. The fraction of sp³-hybridized carbons (Fsp3) is 0.800. The molecule has 0 bridgehead atoms. The smallest absolute Gasteiger partial charge is 0.111 e. The fourth-order valence-corrected chi connectivity index (χ4v) is 2.47. The summed E-state index contributed by atoms with van der Waals surface area (Å²) in [6.45, 7) is 6.90. The minimum Gasteiger partial charge on any atom is -0.348 e. The maximum atomic E-state index is 4.48. The van der Waals surface area contributed by atoms with Crippen LogP contribution in [0, 0.1) is 0 Å². The third kappa shape index (κ3) is 4.53. The van der Waals surface area contributed by atoms with Crippen molar-refractivity contribution in [3.63, 3.8) is 0 Å². The summed E-state index contributed by atoms with van der Waals surface area (Å²) in [6.07, 6.45) is 14.3. The Hall–Kier alpha value is -0.790. The predicted octanol–water partition coefficient (Wildman–Crippen LogP) is 4.83. The number of hydrogen-bond acceptors (Lipinski definition) is 1. The Morgan fingerprint density at radius 1 is 1.06 bits per heavy atom. The zero-order valence-corrected chi connectivity index (χ0v) is 11.8. The molecule has 1 atom stereocenters. The van der Waals surface area contributed by atoms with Crippen molar-refractivity contribution in [2.24, 2.45) is 0 Å². The molecule has 1 aromatic heterocycles. The first-order valence-electron chi connectivity index (χ1n) is 7.23. The van der Waals surface area contributed by atoms with Crippen LogP contribution >= 0.6 is 0 Å². The summed E-state index contributed by atoms with van der Waals surface area (Å²) in [7, 11) is 0. The van der Waals surface area contributed by atoms with Gasteiger partial charge in [0.25, 0.3) is 0 Å². The van der Waals surface area contributed by atoms with E-state index >= 15 is 0 Å². The molecule has 1 aromatic rings. The summed E-state index contributed by atoms with van der Waals surface area (Å²) in [5.74, 6) is 1.18. The summed E-state index contributed by atoms with van der Waals surface area (Å²) < 4.78 is 0. The van der Waals surface area contributed by atoms with Crippen molar-refractivity contribution in [3.05, 3.63) is 18.2 Å². The lowest BCUT2D eigenvalue weighted by molar-refractivity contribution is 0.352. The van der Waals surface area contributed by atoms with Crippen LogP contribution in [0.15, 0.2) is 12.4 Å². The molecule has 0 aliphatic carbocycles. The Bertz CT molecular complexity index is 279. The van der Waals surface area contributed by atoms with E-state index < -0.39 is 0 Å². The van der Waals surface area contributed by atoms with Crippen LogP contribution in [0.25, 0.3) is 0 Å². The maximum Gasteiger partial charge on any atom is 0.111 e. The van der Waals surface area contributed by atoms with E-state index in [0.717, 1.165) is 0 Å². The van der Waals surface area contributed by atoms with Gasteiger partial charge in [-0.05, 0) is 12.8 Å². The van der Waals surface area contributed by atoms with Gasteiger partial charge in [0.05, 0.1) is 0 Å². The fourth-order valence-electron chi connectivity index (χ4n) is 2.47. The van der Waals surface area contributed by atoms with Gasteiger partial charge in [-0.15, -0.1) is 0 Å². The number of nitrogens with one attached hydrogen (secondary N) is 1. The third-order valence-electron chi connectivity index (χ3n) is 3.73. The normalized spacial score (nSPS) is 14.8. The van der Waals surface area contributed by atoms with Gasteiger partial charge in [0, 0.05) is 17.8 Å². The molecule has 0 saturated heterocycles. The van der Waals surface area contributed by atoms with Crippen LogP contribution in [0.4, 0.5) is 0 Å². The van der Waals surface area contributed by atoms with Crippen molar-refractivity contribution in [2.45, 2.75) is 77.6 Å². The van der Waals surface area contributed by atoms with Gasteiger partial charge in [-0.2, -0.15) is 0 Å². The molecule has 0 aliphatic heterocycles. The first-order valence-corrected chi connectivity index (χ1v) is 7.23. The van der Waals surface area contributed by atoms with Gasteiger partial charge < -0.3 is 4.98 Å². The second-order valence-corrected chi connectivity index (χ2v) is 5.41. The standard InChI is InChI=1S/C15H28N2/c1-4-6-8-9-11-15(3,10-7-5-2)14-16-12-13-17-14/h12-13H,4-11H2,1-3H3,(H,16,17). The summed E-state index contributed by atoms with van der Waals surface area (Å²) in [5.41, 5.74) is 0.257. The van der Waals surface area contributed by atoms with Crippen LogP contribution in [0.2, 0.25) is 0 Å². The highest BCUT2D eigenvalue weighted by Crippen LogP contribution is 2.32. The maximum absolute atomic E-state index is 4.48. The predicted molar refractivity (Wildman–Crippen MR) is 74.2 cm³/mol. The number of imidazole rings is 1. The van der Waals surface area contributed by atoms with Crippen LogP contribution in [0.5, 0.6) is 0 Å². The minimum atomic E-state index is 0.257. The lowest BCUT2D eigenvalue weighted by Gasteiger charge is -2.27. The Labute approximate surface area is 106 Å². The van der Waals surface area contributed by atoms with E-state index in [1.54, 1.807) is 0 Å². The molecule has 0 amide bonds. The highest BCUT2D eigenvalue weighted by atomic mass is 14.9. The monoisotopic (exact) mass is 236 g/mol. The van der Waals surface area contributed by atoms with Gasteiger partial charge in [-0.3, -0.25) is 0 Å². The van der Waals surface area contributed by atoms with E-state index in [1.807, 2.05) is 12.4 Å². The van der Waals surface area contributed by atoms with Crippen LogP contribution < -0.4 is 0 Å². The molecule has 0 radical (unpaired) electrons. The number of aromatic nitrogens is 2. The van der Waals surface area contributed by atoms with Crippen molar-refractivity contribution in [1.29, 1.82) is 0 Å². The summed E-state index contributed by atoms with van der Waals surface area (Å²) >= 11 is 0. The number of H-pyrrole nitrogens is 1. The summed E-state index contributed by atoms with van der Waals surface area (Å²) in [4.78, 5) is 7.80. The van der Waals surface area contributed by atoms with Crippen molar-refractivity contribution < 1.29 is 0 Å². The molecule has 1 unspecified atom stereocenters. The Kier molecular flexibility index (Phi) is 6.31. The van der Waals surface area contributed by atoms with Crippen molar-refractivity contribution in [1.82, 2.24) is 9.97 Å². The van der Waals surface area contributed by atoms with E-state index in [0.29, 0.717) is 0 Å². The highest BCUT2D eigenvalue weighted by Gasteiger charge is 2.27. The average Bonchev–Trinajstić information content (AvgIpc) is 2.86. The lowest BCUT2D eigenvalue weighted by atomic mass is 9.79. The van der Waals surface area contributed by atoms with E-state index in [4.69, 9.17) is 0 Å². The van der Waals surface area contributed by atoms with Crippen molar-refractivity contribution in [3.8, 4) is 0 Å². The molecule has 0 saturated carbocycles. The Morgan fingerprint density at radius 3 is 2.35 bits per heavy atom. The van der Waals surface area contributed by atoms with E-state index in [-0.39, 0.29) is 5.41 Å². The third-order valence-corrected chi connectivity index (χ3v) is 3.73.